The van der Waals surface area contributed by atoms with Crippen LogP contribution in [0.2, 0.25) is 0 Å². The predicted molar refractivity (Wildman–Crippen MR) is 49.0 cm³/mol. The van der Waals surface area contributed by atoms with Crippen LogP contribution in [0.5, 0.6) is 0 Å². The summed E-state index contributed by atoms with van der Waals surface area (Å²) in [7, 11) is 0. The normalized spacial score (nSPS) is 27.0. The summed E-state index contributed by atoms with van der Waals surface area (Å²) in [6.07, 6.45) is 3.61. The molecule has 66 valence electrons. The zero-order valence-electron chi connectivity index (χ0n) is 7.27. The number of nitriles is 1. The van der Waals surface area contributed by atoms with Gasteiger partial charge in [-0.1, -0.05) is 6.07 Å². The van der Waals surface area contributed by atoms with Crippen molar-refractivity contribution in [3.8, 4) is 6.07 Å². The standard InChI is InChI=1S/C10H11N3/c11-4-9-6-13-7-10(9)8-2-1-3-12-5-8/h1-3,5,9-10,13H,6-7H2/t9-,10-/m0/s1. The second-order valence-corrected chi connectivity index (χ2v) is 3.29. The highest BCUT2D eigenvalue weighted by molar-refractivity contribution is 5.21. The average Bonchev–Trinajstić information content (AvgIpc) is 2.67. The first-order chi connectivity index (χ1) is 6.42. The summed E-state index contributed by atoms with van der Waals surface area (Å²) in [6.45, 7) is 1.69. The summed E-state index contributed by atoms with van der Waals surface area (Å²) < 4.78 is 0. The van der Waals surface area contributed by atoms with E-state index < -0.39 is 0 Å². The highest BCUT2D eigenvalue weighted by Crippen LogP contribution is 2.26. The molecule has 0 spiro atoms. The fourth-order valence-corrected chi connectivity index (χ4v) is 1.76. The van der Waals surface area contributed by atoms with E-state index in [4.69, 9.17) is 5.26 Å². The van der Waals surface area contributed by atoms with Crippen molar-refractivity contribution in [2.24, 2.45) is 5.92 Å². The highest BCUT2D eigenvalue weighted by Gasteiger charge is 2.27. The highest BCUT2D eigenvalue weighted by atomic mass is 14.9. The minimum atomic E-state index is 0.101. The molecule has 2 heterocycles. The third-order valence-electron chi connectivity index (χ3n) is 2.49. The minimum absolute atomic E-state index is 0.101. The molecule has 0 bridgehead atoms. The molecule has 0 aliphatic carbocycles. The van der Waals surface area contributed by atoms with Crippen molar-refractivity contribution in [1.82, 2.24) is 10.3 Å². The number of pyridine rings is 1. The summed E-state index contributed by atoms with van der Waals surface area (Å²) in [5.74, 6) is 0.419. The predicted octanol–water partition coefficient (Wildman–Crippen LogP) is 0.908. The molecule has 1 fully saturated rings. The molecule has 2 rings (SSSR count). The summed E-state index contributed by atoms with van der Waals surface area (Å²) >= 11 is 0. The number of rotatable bonds is 1. The van der Waals surface area contributed by atoms with Crippen LogP contribution < -0.4 is 5.32 Å². The zero-order chi connectivity index (χ0) is 9.10. The van der Waals surface area contributed by atoms with Crippen LogP contribution in [0.1, 0.15) is 11.5 Å². The average molecular weight is 173 g/mol. The van der Waals surface area contributed by atoms with Crippen molar-refractivity contribution < 1.29 is 0 Å². The van der Waals surface area contributed by atoms with Crippen LogP contribution >= 0.6 is 0 Å². The summed E-state index contributed by atoms with van der Waals surface area (Å²) in [5, 5.41) is 12.1. The van der Waals surface area contributed by atoms with Gasteiger partial charge in [-0.3, -0.25) is 4.98 Å². The van der Waals surface area contributed by atoms with E-state index in [0.717, 1.165) is 13.1 Å². The van der Waals surface area contributed by atoms with E-state index in [1.54, 1.807) is 6.20 Å². The van der Waals surface area contributed by atoms with Crippen LogP contribution in [0.3, 0.4) is 0 Å². The lowest BCUT2D eigenvalue weighted by atomic mass is 9.91. The molecule has 0 radical (unpaired) electrons. The molecule has 3 heteroatoms. The van der Waals surface area contributed by atoms with E-state index in [9.17, 15) is 0 Å². The second-order valence-electron chi connectivity index (χ2n) is 3.29. The van der Waals surface area contributed by atoms with Crippen LogP contribution in [0, 0.1) is 17.2 Å². The molecule has 0 aromatic carbocycles. The smallest absolute Gasteiger partial charge is 0.0676 e. The lowest BCUT2D eigenvalue weighted by Crippen LogP contribution is -2.08. The third-order valence-corrected chi connectivity index (χ3v) is 2.49. The van der Waals surface area contributed by atoms with Crippen LogP contribution in [0.25, 0.3) is 0 Å². The van der Waals surface area contributed by atoms with Gasteiger partial charge >= 0.3 is 0 Å². The maximum absolute atomic E-state index is 8.89. The van der Waals surface area contributed by atoms with Crippen molar-refractivity contribution in [2.75, 3.05) is 13.1 Å². The molecular weight excluding hydrogens is 162 g/mol. The Kier molecular flexibility index (Phi) is 2.24. The molecule has 1 saturated heterocycles. The Labute approximate surface area is 77.4 Å². The minimum Gasteiger partial charge on any atom is -0.315 e. The summed E-state index contributed by atoms with van der Waals surface area (Å²) in [6, 6.07) is 6.28. The molecule has 1 N–H and O–H groups in total. The van der Waals surface area contributed by atoms with Crippen molar-refractivity contribution in [1.29, 1.82) is 5.26 Å². The molecule has 0 amide bonds. The lowest BCUT2D eigenvalue weighted by molar-refractivity contribution is 0.644. The Morgan fingerprint density at radius 1 is 1.54 bits per heavy atom. The summed E-state index contributed by atoms with van der Waals surface area (Å²) in [5.41, 5.74) is 1.17. The number of nitrogens with zero attached hydrogens (tertiary/aromatic N) is 2. The van der Waals surface area contributed by atoms with Gasteiger partial charge in [0.2, 0.25) is 0 Å². The van der Waals surface area contributed by atoms with Gasteiger partial charge < -0.3 is 5.32 Å². The third kappa shape index (κ3) is 1.53. The van der Waals surface area contributed by atoms with E-state index in [2.05, 4.69) is 16.4 Å². The largest absolute Gasteiger partial charge is 0.315 e. The number of nitrogens with one attached hydrogen (secondary N) is 1. The molecular formula is C10H11N3. The molecule has 3 nitrogen and oxygen atoms in total. The van der Waals surface area contributed by atoms with Gasteiger partial charge in [0.1, 0.15) is 0 Å². The number of hydrogen-bond donors (Lipinski definition) is 1. The van der Waals surface area contributed by atoms with Crippen molar-refractivity contribution >= 4 is 0 Å². The Morgan fingerprint density at radius 2 is 2.46 bits per heavy atom. The molecule has 13 heavy (non-hydrogen) atoms. The molecule has 1 aromatic heterocycles. The van der Waals surface area contributed by atoms with Gasteiger partial charge in [-0.25, -0.2) is 0 Å². The maximum Gasteiger partial charge on any atom is 0.0676 e. The monoisotopic (exact) mass is 173 g/mol. The van der Waals surface area contributed by atoms with Crippen molar-refractivity contribution in [3.05, 3.63) is 30.1 Å². The van der Waals surface area contributed by atoms with Gasteiger partial charge in [-0.05, 0) is 11.6 Å². The number of hydrogen-bond acceptors (Lipinski definition) is 3. The topological polar surface area (TPSA) is 48.7 Å². The SMILES string of the molecule is N#C[C@H]1CNC[C@H]1c1cccnc1. The van der Waals surface area contributed by atoms with Gasteiger partial charge in [-0.2, -0.15) is 5.26 Å². The number of aromatic nitrogens is 1. The van der Waals surface area contributed by atoms with Crippen LogP contribution in [0.15, 0.2) is 24.5 Å². The van der Waals surface area contributed by atoms with Gasteiger partial charge in [0.05, 0.1) is 12.0 Å². The van der Waals surface area contributed by atoms with Gasteiger partial charge in [-0.15, -0.1) is 0 Å². The Balaban J connectivity index is 2.22. The molecule has 0 saturated carbocycles. The molecule has 2 atom stereocenters. The first-order valence-electron chi connectivity index (χ1n) is 4.42. The first-order valence-corrected chi connectivity index (χ1v) is 4.42. The molecule has 1 aliphatic rings. The van der Waals surface area contributed by atoms with E-state index in [1.807, 2.05) is 18.3 Å². The summed E-state index contributed by atoms with van der Waals surface area (Å²) in [4.78, 5) is 4.06. The Bertz CT molecular complexity index is 315. The maximum atomic E-state index is 8.89. The molecule has 1 aromatic rings. The molecule has 0 unspecified atom stereocenters. The Morgan fingerprint density at radius 3 is 3.15 bits per heavy atom. The Hall–Kier alpha value is -1.40. The van der Waals surface area contributed by atoms with E-state index in [1.165, 1.54) is 5.56 Å². The van der Waals surface area contributed by atoms with Crippen LogP contribution in [-0.4, -0.2) is 18.1 Å². The van der Waals surface area contributed by atoms with E-state index in [-0.39, 0.29) is 5.92 Å². The lowest BCUT2D eigenvalue weighted by Gasteiger charge is -2.10. The fraction of sp³-hybridized carbons (Fsp3) is 0.400. The second kappa shape index (κ2) is 3.55. The van der Waals surface area contributed by atoms with Gasteiger partial charge in [0.25, 0.3) is 0 Å². The van der Waals surface area contributed by atoms with Crippen LogP contribution in [-0.2, 0) is 0 Å². The van der Waals surface area contributed by atoms with E-state index >= 15 is 0 Å². The fourth-order valence-electron chi connectivity index (χ4n) is 1.76. The van der Waals surface area contributed by atoms with E-state index in [0.29, 0.717) is 5.92 Å². The van der Waals surface area contributed by atoms with Crippen molar-refractivity contribution in [2.45, 2.75) is 5.92 Å². The zero-order valence-corrected chi connectivity index (χ0v) is 7.27. The first kappa shape index (κ1) is 8.21. The van der Waals surface area contributed by atoms with Gasteiger partial charge in [0.15, 0.2) is 0 Å². The quantitative estimate of drug-likeness (QED) is 0.686. The van der Waals surface area contributed by atoms with Crippen molar-refractivity contribution in [3.63, 3.8) is 0 Å². The van der Waals surface area contributed by atoms with Gasteiger partial charge in [0, 0.05) is 31.4 Å². The molecule has 1 aliphatic heterocycles. The van der Waals surface area contributed by atoms with Crippen LogP contribution in [0.4, 0.5) is 0 Å².